The summed E-state index contributed by atoms with van der Waals surface area (Å²) < 4.78 is 0. The maximum atomic E-state index is 9.47. The molecule has 2 N–H and O–H groups in total. The molecule has 58 valence electrons. The van der Waals surface area contributed by atoms with Crippen LogP contribution in [0.1, 0.15) is 26.2 Å². The SMILES string of the molecule is C[C@]12CC[C@H](O)[C@@H](CN1)C2. The third kappa shape index (κ3) is 0.867. The Morgan fingerprint density at radius 1 is 1.60 bits per heavy atom. The van der Waals surface area contributed by atoms with Gasteiger partial charge in [0, 0.05) is 12.1 Å². The number of aliphatic hydroxyl groups is 1. The Balaban J connectivity index is 2.12. The standard InChI is InChI=1S/C8H15NO/c1-8-3-2-7(10)6(4-8)5-9-8/h6-7,9-10H,2-5H2,1H3/t6-,7+,8-/m1/s1. The Kier molecular flexibility index (Phi) is 1.29. The lowest BCUT2D eigenvalue weighted by molar-refractivity contribution is 0.0760. The summed E-state index contributed by atoms with van der Waals surface area (Å²) in [5.74, 6) is 0.541. The summed E-state index contributed by atoms with van der Waals surface area (Å²) in [5.41, 5.74) is 0.365. The highest BCUT2D eigenvalue weighted by Crippen LogP contribution is 2.36. The van der Waals surface area contributed by atoms with Crippen molar-refractivity contribution in [2.75, 3.05) is 6.54 Å². The van der Waals surface area contributed by atoms with Gasteiger partial charge in [-0.05, 0) is 32.1 Å². The van der Waals surface area contributed by atoms with Gasteiger partial charge in [-0.15, -0.1) is 0 Å². The summed E-state index contributed by atoms with van der Waals surface area (Å²) in [6.45, 7) is 3.29. The van der Waals surface area contributed by atoms with Gasteiger partial charge >= 0.3 is 0 Å². The maximum Gasteiger partial charge on any atom is 0.0581 e. The number of rotatable bonds is 0. The third-order valence-electron chi connectivity index (χ3n) is 3.04. The Bertz CT molecular complexity index is 148. The molecule has 3 atom stereocenters. The number of fused-ring (bicyclic) bond motifs is 2. The van der Waals surface area contributed by atoms with Crippen molar-refractivity contribution >= 4 is 0 Å². The number of aliphatic hydroxyl groups excluding tert-OH is 1. The third-order valence-corrected chi connectivity index (χ3v) is 3.04. The molecule has 0 amide bonds. The highest BCUT2D eigenvalue weighted by atomic mass is 16.3. The van der Waals surface area contributed by atoms with Crippen LogP contribution in [0, 0.1) is 5.92 Å². The average molecular weight is 141 g/mol. The fourth-order valence-electron chi connectivity index (χ4n) is 2.27. The van der Waals surface area contributed by atoms with E-state index in [9.17, 15) is 5.11 Å². The molecular formula is C8H15NO. The second-order valence-electron chi connectivity index (χ2n) is 4.01. The van der Waals surface area contributed by atoms with Crippen LogP contribution in [-0.4, -0.2) is 23.3 Å². The van der Waals surface area contributed by atoms with Gasteiger partial charge in [-0.3, -0.25) is 0 Å². The molecule has 2 heteroatoms. The van der Waals surface area contributed by atoms with Crippen LogP contribution in [-0.2, 0) is 0 Å². The van der Waals surface area contributed by atoms with Gasteiger partial charge in [0.05, 0.1) is 6.10 Å². The topological polar surface area (TPSA) is 32.3 Å². The first kappa shape index (κ1) is 6.62. The van der Waals surface area contributed by atoms with Gasteiger partial charge in [0.2, 0.25) is 0 Å². The molecule has 1 saturated carbocycles. The molecule has 2 fully saturated rings. The van der Waals surface area contributed by atoms with Crippen LogP contribution in [0.15, 0.2) is 0 Å². The van der Waals surface area contributed by atoms with E-state index in [4.69, 9.17) is 0 Å². The van der Waals surface area contributed by atoms with Gasteiger partial charge in [-0.1, -0.05) is 0 Å². The first-order chi connectivity index (χ1) is 4.70. The molecule has 0 spiro atoms. The molecular weight excluding hydrogens is 126 g/mol. The van der Waals surface area contributed by atoms with E-state index >= 15 is 0 Å². The first-order valence-electron chi connectivity index (χ1n) is 4.13. The van der Waals surface area contributed by atoms with Crippen molar-refractivity contribution in [1.82, 2.24) is 5.32 Å². The summed E-state index contributed by atoms with van der Waals surface area (Å²) in [7, 11) is 0. The molecule has 0 aromatic rings. The van der Waals surface area contributed by atoms with E-state index in [-0.39, 0.29) is 6.10 Å². The number of nitrogens with one attached hydrogen (secondary N) is 1. The Labute approximate surface area is 61.6 Å². The van der Waals surface area contributed by atoms with Crippen molar-refractivity contribution in [2.45, 2.75) is 37.8 Å². The largest absolute Gasteiger partial charge is 0.393 e. The molecule has 1 saturated heterocycles. The van der Waals surface area contributed by atoms with Crippen molar-refractivity contribution in [2.24, 2.45) is 5.92 Å². The van der Waals surface area contributed by atoms with E-state index in [2.05, 4.69) is 12.2 Å². The summed E-state index contributed by atoms with van der Waals surface area (Å²) in [6.07, 6.45) is 3.29. The van der Waals surface area contributed by atoms with E-state index in [1.165, 1.54) is 6.42 Å². The number of hydrogen-bond acceptors (Lipinski definition) is 2. The zero-order valence-corrected chi connectivity index (χ0v) is 6.43. The summed E-state index contributed by atoms with van der Waals surface area (Å²) in [5, 5.41) is 12.9. The fourth-order valence-corrected chi connectivity index (χ4v) is 2.27. The van der Waals surface area contributed by atoms with Gasteiger partial charge < -0.3 is 10.4 Å². The van der Waals surface area contributed by atoms with Crippen LogP contribution in [0.2, 0.25) is 0 Å². The zero-order valence-electron chi connectivity index (χ0n) is 6.43. The van der Waals surface area contributed by atoms with Gasteiger partial charge in [-0.25, -0.2) is 0 Å². The monoisotopic (exact) mass is 141 g/mol. The van der Waals surface area contributed by atoms with Crippen molar-refractivity contribution < 1.29 is 5.11 Å². The predicted octanol–water partition coefficient (Wildman–Crippen LogP) is 0.509. The minimum absolute atomic E-state index is 0.0249. The smallest absolute Gasteiger partial charge is 0.0581 e. The molecule has 2 bridgehead atoms. The van der Waals surface area contributed by atoms with E-state index in [0.717, 1.165) is 19.4 Å². The van der Waals surface area contributed by atoms with Crippen molar-refractivity contribution in [3.05, 3.63) is 0 Å². The lowest BCUT2D eigenvalue weighted by Gasteiger charge is -2.31. The quantitative estimate of drug-likeness (QED) is 0.515. The van der Waals surface area contributed by atoms with Crippen LogP contribution in [0.4, 0.5) is 0 Å². The van der Waals surface area contributed by atoms with Crippen LogP contribution < -0.4 is 5.32 Å². The molecule has 1 aliphatic heterocycles. The molecule has 2 nitrogen and oxygen atoms in total. The lowest BCUT2D eigenvalue weighted by atomic mass is 9.80. The second-order valence-corrected chi connectivity index (χ2v) is 4.01. The normalized spacial score (nSPS) is 53.4. The average Bonchev–Trinajstić information content (AvgIpc) is 2.23. The van der Waals surface area contributed by atoms with Crippen molar-refractivity contribution in [3.8, 4) is 0 Å². The molecule has 0 aromatic carbocycles. The summed E-state index contributed by atoms with van der Waals surface area (Å²) in [4.78, 5) is 0. The van der Waals surface area contributed by atoms with Crippen LogP contribution >= 0.6 is 0 Å². The van der Waals surface area contributed by atoms with E-state index in [1.54, 1.807) is 0 Å². The highest BCUT2D eigenvalue weighted by molar-refractivity contribution is 4.99. The molecule has 0 aromatic heterocycles. The van der Waals surface area contributed by atoms with Gasteiger partial charge in [0.25, 0.3) is 0 Å². The second kappa shape index (κ2) is 1.95. The Morgan fingerprint density at radius 2 is 2.40 bits per heavy atom. The summed E-state index contributed by atoms with van der Waals surface area (Å²) in [6, 6.07) is 0. The molecule has 0 radical (unpaired) electrons. The van der Waals surface area contributed by atoms with Crippen molar-refractivity contribution in [1.29, 1.82) is 0 Å². The fraction of sp³-hybridized carbons (Fsp3) is 1.00. The molecule has 10 heavy (non-hydrogen) atoms. The highest BCUT2D eigenvalue weighted by Gasteiger charge is 2.42. The van der Waals surface area contributed by atoms with E-state index in [1.807, 2.05) is 0 Å². The Morgan fingerprint density at radius 3 is 3.10 bits per heavy atom. The van der Waals surface area contributed by atoms with Crippen LogP contribution in [0.3, 0.4) is 0 Å². The van der Waals surface area contributed by atoms with Gasteiger partial charge in [-0.2, -0.15) is 0 Å². The summed E-state index contributed by atoms with van der Waals surface area (Å²) >= 11 is 0. The van der Waals surface area contributed by atoms with E-state index < -0.39 is 0 Å². The van der Waals surface area contributed by atoms with Gasteiger partial charge in [0.1, 0.15) is 0 Å². The minimum Gasteiger partial charge on any atom is -0.393 e. The van der Waals surface area contributed by atoms with Crippen LogP contribution in [0.25, 0.3) is 0 Å². The zero-order chi connectivity index (χ0) is 7.19. The maximum absolute atomic E-state index is 9.47. The molecule has 0 unspecified atom stereocenters. The molecule has 2 rings (SSSR count). The predicted molar refractivity (Wildman–Crippen MR) is 39.8 cm³/mol. The van der Waals surface area contributed by atoms with E-state index in [0.29, 0.717) is 11.5 Å². The molecule has 2 aliphatic rings. The number of hydrogen-bond donors (Lipinski definition) is 2. The lowest BCUT2D eigenvalue weighted by Crippen LogP contribution is -2.38. The minimum atomic E-state index is -0.0249. The van der Waals surface area contributed by atoms with Crippen LogP contribution in [0.5, 0.6) is 0 Å². The first-order valence-corrected chi connectivity index (χ1v) is 4.13. The Hall–Kier alpha value is -0.0800. The molecule has 1 aliphatic carbocycles. The van der Waals surface area contributed by atoms with Crippen molar-refractivity contribution in [3.63, 3.8) is 0 Å². The molecule has 1 heterocycles. The van der Waals surface area contributed by atoms with Gasteiger partial charge in [0.15, 0.2) is 0 Å².